The number of halogens is 1. The van der Waals surface area contributed by atoms with Crippen LogP contribution in [0.1, 0.15) is 24.4 Å². The minimum Gasteiger partial charge on any atom is -0.493 e. The Morgan fingerprint density at radius 2 is 1.96 bits per heavy atom. The van der Waals surface area contributed by atoms with Crippen LogP contribution in [0, 0.1) is 0 Å². The molecule has 150 valence electrons. The second-order valence-electron chi connectivity index (χ2n) is 5.62. The van der Waals surface area contributed by atoms with Gasteiger partial charge >= 0.3 is 0 Å². The van der Waals surface area contributed by atoms with Crippen LogP contribution in [0.2, 0.25) is 0 Å². The van der Waals surface area contributed by atoms with Gasteiger partial charge in [0.25, 0.3) is 0 Å². The molecule has 0 aliphatic heterocycles. The number of guanidine groups is 1. The summed E-state index contributed by atoms with van der Waals surface area (Å²) in [6.45, 7) is 3.64. The fraction of sp³-hybridized carbons (Fsp3) is 0.421. The maximum atomic E-state index is 10.1. The molecular weight excluding hydrogens is 461 g/mol. The van der Waals surface area contributed by atoms with Crippen molar-refractivity contribution in [2.75, 3.05) is 33.9 Å². The summed E-state index contributed by atoms with van der Waals surface area (Å²) in [5.74, 6) is 2.59. The van der Waals surface area contributed by atoms with Crippen LogP contribution in [0.25, 0.3) is 0 Å². The van der Waals surface area contributed by atoms with E-state index in [2.05, 4.69) is 15.6 Å². The molecule has 0 saturated heterocycles. The first-order chi connectivity index (χ1) is 12.7. The molecule has 1 aromatic carbocycles. The summed E-state index contributed by atoms with van der Waals surface area (Å²) in [7, 11) is 3.25. The van der Waals surface area contributed by atoms with Gasteiger partial charge in [-0.1, -0.05) is 6.07 Å². The summed E-state index contributed by atoms with van der Waals surface area (Å²) in [5.41, 5.74) is 1.13. The van der Waals surface area contributed by atoms with Crippen LogP contribution in [0.5, 0.6) is 11.5 Å². The monoisotopic (exact) mass is 489 g/mol. The fourth-order valence-corrected chi connectivity index (χ4v) is 2.45. The van der Waals surface area contributed by atoms with E-state index < -0.39 is 6.10 Å². The number of hydrogen-bond acceptors (Lipinski definition) is 5. The third kappa shape index (κ3) is 7.30. The second kappa shape index (κ2) is 12.4. The van der Waals surface area contributed by atoms with Crippen molar-refractivity contribution in [3.8, 4) is 11.5 Å². The Kier molecular flexibility index (Phi) is 10.6. The smallest absolute Gasteiger partial charge is 0.191 e. The van der Waals surface area contributed by atoms with Crippen LogP contribution in [0.15, 0.2) is 46.0 Å². The van der Waals surface area contributed by atoms with Crippen molar-refractivity contribution < 1.29 is 19.0 Å². The van der Waals surface area contributed by atoms with Gasteiger partial charge in [0, 0.05) is 13.1 Å². The van der Waals surface area contributed by atoms with Crippen molar-refractivity contribution in [2.24, 2.45) is 4.99 Å². The molecule has 1 heterocycles. The van der Waals surface area contributed by atoms with E-state index in [1.165, 1.54) is 6.26 Å². The lowest BCUT2D eigenvalue weighted by Crippen LogP contribution is -2.38. The van der Waals surface area contributed by atoms with E-state index in [0.29, 0.717) is 29.8 Å². The lowest BCUT2D eigenvalue weighted by atomic mass is 10.1. The molecule has 0 spiro atoms. The number of nitrogens with one attached hydrogen (secondary N) is 2. The Morgan fingerprint density at radius 3 is 2.59 bits per heavy atom. The van der Waals surface area contributed by atoms with Crippen LogP contribution in [0.4, 0.5) is 0 Å². The zero-order valence-electron chi connectivity index (χ0n) is 15.9. The summed E-state index contributed by atoms with van der Waals surface area (Å²) in [4.78, 5) is 4.40. The minimum atomic E-state index is -0.758. The van der Waals surface area contributed by atoms with E-state index in [1.54, 1.807) is 26.4 Å². The molecule has 0 bridgehead atoms. The quantitative estimate of drug-likeness (QED) is 0.285. The zero-order valence-corrected chi connectivity index (χ0v) is 18.2. The summed E-state index contributed by atoms with van der Waals surface area (Å²) >= 11 is 0. The fourth-order valence-electron chi connectivity index (χ4n) is 2.45. The molecule has 2 aromatic rings. The Bertz CT molecular complexity index is 692. The Balaban J connectivity index is 0.00000364. The topological polar surface area (TPSA) is 88.3 Å². The first-order valence-electron chi connectivity index (χ1n) is 8.62. The largest absolute Gasteiger partial charge is 0.493 e. The number of ether oxygens (including phenoxy) is 2. The van der Waals surface area contributed by atoms with E-state index in [4.69, 9.17) is 13.9 Å². The molecule has 0 amide bonds. The normalized spacial score (nSPS) is 12.1. The lowest BCUT2D eigenvalue weighted by Gasteiger charge is -2.13. The highest BCUT2D eigenvalue weighted by molar-refractivity contribution is 14.0. The third-order valence-corrected chi connectivity index (χ3v) is 3.79. The van der Waals surface area contributed by atoms with Gasteiger partial charge in [-0.05, 0) is 43.2 Å². The number of methoxy groups -OCH3 is 2. The van der Waals surface area contributed by atoms with Gasteiger partial charge in [-0.25, -0.2) is 0 Å². The van der Waals surface area contributed by atoms with Gasteiger partial charge in [0.1, 0.15) is 11.9 Å². The van der Waals surface area contributed by atoms with Crippen LogP contribution in [-0.2, 0) is 6.42 Å². The molecule has 0 radical (unpaired) electrons. The van der Waals surface area contributed by atoms with E-state index in [-0.39, 0.29) is 30.5 Å². The second-order valence-corrected chi connectivity index (χ2v) is 5.62. The standard InChI is InChI=1S/C19H27N3O4.HI/c1-4-20-19(22-13-15(23)16-6-5-11-26-16)21-10-9-14-7-8-17(24-2)18(12-14)25-3;/h5-8,11-12,15,23H,4,9-10,13H2,1-3H3,(H2,20,21,22);1H. The van der Waals surface area contributed by atoms with Crippen molar-refractivity contribution in [1.82, 2.24) is 10.6 Å². The summed E-state index contributed by atoms with van der Waals surface area (Å²) in [6, 6.07) is 9.35. The number of benzene rings is 1. The van der Waals surface area contributed by atoms with Crippen molar-refractivity contribution in [1.29, 1.82) is 0 Å². The molecule has 1 atom stereocenters. The molecule has 8 heteroatoms. The maximum Gasteiger partial charge on any atom is 0.191 e. The van der Waals surface area contributed by atoms with Gasteiger partial charge in [-0.15, -0.1) is 24.0 Å². The molecule has 27 heavy (non-hydrogen) atoms. The Hall–Kier alpha value is -1.94. The van der Waals surface area contributed by atoms with Crippen LogP contribution in [-0.4, -0.2) is 44.9 Å². The van der Waals surface area contributed by atoms with Crippen LogP contribution >= 0.6 is 24.0 Å². The molecule has 3 N–H and O–H groups in total. The average molecular weight is 489 g/mol. The van der Waals surface area contributed by atoms with Crippen molar-refractivity contribution >= 4 is 29.9 Å². The zero-order chi connectivity index (χ0) is 18.8. The molecule has 2 rings (SSSR count). The highest BCUT2D eigenvalue weighted by Gasteiger charge is 2.10. The Labute approximate surface area is 177 Å². The predicted octanol–water partition coefficient (Wildman–Crippen LogP) is 2.75. The van der Waals surface area contributed by atoms with Crippen LogP contribution in [0.3, 0.4) is 0 Å². The van der Waals surface area contributed by atoms with E-state index in [9.17, 15) is 5.11 Å². The molecule has 0 aliphatic carbocycles. The average Bonchev–Trinajstić information content (AvgIpc) is 3.20. The van der Waals surface area contributed by atoms with Crippen molar-refractivity contribution in [2.45, 2.75) is 19.4 Å². The van der Waals surface area contributed by atoms with Gasteiger partial charge in [0.2, 0.25) is 0 Å². The number of aliphatic imine (C=N–C) groups is 1. The summed E-state index contributed by atoms with van der Waals surface area (Å²) in [5, 5.41) is 16.5. The molecule has 1 aromatic heterocycles. The minimum absolute atomic E-state index is 0. The number of hydrogen-bond donors (Lipinski definition) is 3. The molecule has 1 unspecified atom stereocenters. The highest BCUT2D eigenvalue weighted by Crippen LogP contribution is 2.27. The SMILES string of the molecule is CCNC(=NCC(O)c1ccco1)NCCc1ccc(OC)c(OC)c1.I. The highest BCUT2D eigenvalue weighted by atomic mass is 127. The molecule has 0 fully saturated rings. The van der Waals surface area contributed by atoms with Gasteiger partial charge in [-0.3, -0.25) is 4.99 Å². The molecule has 0 aliphatic rings. The number of aliphatic hydroxyl groups excluding tert-OH is 1. The summed E-state index contributed by atoms with van der Waals surface area (Å²) < 4.78 is 15.8. The van der Waals surface area contributed by atoms with Crippen molar-refractivity contribution in [3.05, 3.63) is 47.9 Å². The molecule has 0 saturated carbocycles. The number of furan rings is 1. The number of aliphatic hydroxyl groups is 1. The van der Waals surface area contributed by atoms with Gasteiger partial charge in [0.05, 0.1) is 27.0 Å². The van der Waals surface area contributed by atoms with Gasteiger partial charge in [0.15, 0.2) is 17.5 Å². The van der Waals surface area contributed by atoms with Crippen LogP contribution < -0.4 is 20.1 Å². The first-order valence-corrected chi connectivity index (χ1v) is 8.62. The summed E-state index contributed by atoms with van der Waals surface area (Å²) in [6.07, 6.45) is 1.58. The predicted molar refractivity (Wildman–Crippen MR) is 116 cm³/mol. The van der Waals surface area contributed by atoms with Gasteiger partial charge in [-0.2, -0.15) is 0 Å². The van der Waals surface area contributed by atoms with E-state index in [1.807, 2.05) is 25.1 Å². The van der Waals surface area contributed by atoms with E-state index in [0.717, 1.165) is 18.5 Å². The molecular formula is C19H28IN3O4. The van der Waals surface area contributed by atoms with Crippen molar-refractivity contribution in [3.63, 3.8) is 0 Å². The number of nitrogens with zero attached hydrogens (tertiary/aromatic N) is 1. The first kappa shape index (κ1) is 23.1. The maximum absolute atomic E-state index is 10.1. The third-order valence-electron chi connectivity index (χ3n) is 3.79. The van der Waals surface area contributed by atoms with E-state index >= 15 is 0 Å². The molecule has 7 nitrogen and oxygen atoms in total. The Morgan fingerprint density at radius 1 is 1.19 bits per heavy atom. The number of rotatable bonds is 9. The van der Waals surface area contributed by atoms with Gasteiger partial charge < -0.3 is 29.6 Å². The lowest BCUT2D eigenvalue weighted by molar-refractivity contribution is 0.158.